The van der Waals surface area contributed by atoms with Crippen LogP contribution >= 0.6 is 12.0 Å². The first-order chi connectivity index (χ1) is 7.04. The second-order valence-electron chi connectivity index (χ2n) is 2.42. The highest BCUT2D eigenvalue weighted by Crippen LogP contribution is 2.15. The van der Waals surface area contributed by atoms with E-state index in [2.05, 4.69) is 14.8 Å². The summed E-state index contributed by atoms with van der Waals surface area (Å²) in [6.07, 6.45) is 1.65. The zero-order valence-corrected chi connectivity index (χ0v) is 9.34. The predicted molar refractivity (Wildman–Crippen MR) is 55.6 cm³/mol. The quantitative estimate of drug-likeness (QED) is 0.269. The Kier molecular flexibility index (Phi) is 4.36. The van der Waals surface area contributed by atoms with Crippen LogP contribution in [0.2, 0.25) is 0 Å². The van der Waals surface area contributed by atoms with E-state index in [1.54, 1.807) is 12.3 Å². The topological polar surface area (TPSA) is 84.9 Å². The monoisotopic (exact) mass is 251 g/mol. The van der Waals surface area contributed by atoms with E-state index in [-0.39, 0.29) is 4.90 Å². The molecular formula is C7H9NO5S2. The van der Waals surface area contributed by atoms with Crippen molar-refractivity contribution < 1.29 is 22.3 Å². The number of hydrogen-bond acceptors (Lipinski definition) is 6. The van der Waals surface area contributed by atoms with Crippen molar-refractivity contribution in [2.75, 3.05) is 11.7 Å². The minimum absolute atomic E-state index is 0.222. The van der Waals surface area contributed by atoms with Gasteiger partial charge in [0.2, 0.25) is 0 Å². The van der Waals surface area contributed by atoms with Gasteiger partial charge in [-0.05, 0) is 18.2 Å². The summed E-state index contributed by atoms with van der Waals surface area (Å²) in [7, 11) is -4.20. The van der Waals surface area contributed by atoms with E-state index in [4.69, 9.17) is 4.55 Å². The fourth-order valence-electron chi connectivity index (χ4n) is 0.819. The third-order valence-corrected chi connectivity index (χ3v) is 2.45. The molecule has 0 aliphatic carbocycles. The molecule has 0 fully saturated rings. The molecule has 1 aromatic carbocycles. The third-order valence-electron chi connectivity index (χ3n) is 1.39. The lowest BCUT2D eigenvalue weighted by Gasteiger charge is -2.04. The van der Waals surface area contributed by atoms with Crippen LogP contribution < -0.4 is 5.48 Å². The molecule has 1 aromatic rings. The fourth-order valence-corrected chi connectivity index (χ4v) is 1.45. The lowest BCUT2D eigenvalue weighted by Crippen LogP contribution is -2.01. The molecule has 1 rings (SSSR count). The highest BCUT2D eigenvalue weighted by Gasteiger charge is 2.09. The summed E-state index contributed by atoms with van der Waals surface area (Å²) in [6.45, 7) is 0. The number of rotatable bonds is 5. The van der Waals surface area contributed by atoms with Gasteiger partial charge in [-0.2, -0.15) is 8.42 Å². The number of anilines is 1. The molecule has 6 nitrogen and oxygen atoms in total. The van der Waals surface area contributed by atoms with Gasteiger partial charge in [0, 0.05) is 18.3 Å². The predicted octanol–water partition coefficient (Wildman–Crippen LogP) is 1.49. The molecule has 0 unspecified atom stereocenters. The first kappa shape index (κ1) is 12.3. The van der Waals surface area contributed by atoms with Gasteiger partial charge in [-0.15, -0.1) is 9.32 Å². The molecule has 0 spiro atoms. The minimum atomic E-state index is -4.20. The molecule has 84 valence electrons. The maximum Gasteiger partial charge on any atom is 0.294 e. The van der Waals surface area contributed by atoms with Crippen molar-refractivity contribution in [1.29, 1.82) is 0 Å². The molecule has 0 radical (unpaired) electrons. The van der Waals surface area contributed by atoms with Crippen LogP contribution in [-0.4, -0.2) is 19.2 Å². The smallest absolute Gasteiger partial charge is 0.282 e. The second kappa shape index (κ2) is 5.33. The van der Waals surface area contributed by atoms with Gasteiger partial charge in [0.15, 0.2) is 0 Å². The fraction of sp³-hybridized carbons (Fsp3) is 0.143. The van der Waals surface area contributed by atoms with Crippen molar-refractivity contribution in [3.05, 3.63) is 24.3 Å². The molecule has 0 bridgehead atoms. The van der Waals surface area contributed by atoms with Crippen molar-refractivity contribution >= 4 is 27.8 Å². The maximum atomic E-state index is 10.8. The summed E-state index contributed by atoms with van der Waals surface area (Å²) < 4.78 is 34.7. The van der Waals surface area contributed by atoms with Gasteiger partial charge >= 0.3 is 0 Å². The summed E-state index contributed by atoms with van der Waals surface area (Å²) >= 11 is 0.978. The van der Waals surface area contributed by atoms with E-state index in [1.165, 1.54) is 18.2 Å². The largest absolute Gasteiger partial charge is 0.294 e. The van der Waals surface area contributed by atoms with Crippen LogP contribution in [-0.2, 0) is 19.4 Å². The zero-order valence-electron chi connectivity index (χ0n) is 7.71. The molecule has 0 saturated carbocycles. The van der Waals surface area contributed by atoms with Crippen molar-refractivity contribution in [2.24, 2.45) is 0 Å². The first-order valence-electron chi connectivity index (χ1n) is 3.74. The van der Waals surface area contributed by atoms with Gasteiger partial charge in [0.1, 0.15) is 0 Å². The summed E-state index contributed by atoms with van der Waals surface area (Å²) in [5.74, 6) is 0. The van der Waals surface area contributed by atoms with Crippen LogP contribution in [0, 0.1) is 0 Å². The van der Waals surface area contributed by atoms with E-state index in [0.717, 1.165) is 12.0 Å². The van der Waals surface area contributed by atoms with E-state index < -0.39 is 10.1 Å². The SMILES string of the molecule is CSOONc1cccc(S(=O)(=O)O)c1. The summed E-state index contributed by atoms with van der Waals surface area (Å²) in [5, 5.41) is 0. The van der Waals surface area contributed by atoms with Crippen LogP contribution in [0.4, 0.5) is 5.69 Å². The van der Waals surface area contributed by atoms with Crippen LogP contribution in [0.25, 0.3) is 0 Å². The zero-order chi connectivity index (χ0) is 11.3. The van der Waals surface area contributed by atoms with Gasteiger partial charge in [-0.25, -0.2) is 5.48 Å². The van der Waals surface area contributed by atoms with Crippen LogP contribution in [0.1, 0.15) is 0 Å². The Hall–Kier alpha value is -0.800. The molecule has 0 aliphatic rings. The average molecular weight is 251 g/mol. The maximum absolute atomic E-state index is 10.8. The Morgan fingerprint density at radius 2 is 2.20 bits per heavy atom. The van der Waals surface area contributed by atoms with Crippen molar-refractivity contribution in [1.82, 2.24) is 0 Å². The van der Waals surface area contributed by atoms with Crippen LogP contribution in [0.15, 0.2) is 29.2 Å². The average Bonchev–Trinajstić information content (AvgIpc) is 2.17. The molecule has 0 saturated heterocycles. The normalized spacial score (nSPS) is 11.3. The summed E-state index contributed by atoms with van der Waals surface area (Å²) in [5.41, 5.74) is 2.69. The Bertz CT molecular complexity index is 419. The molecule has 0 amide bonds. The highest BCUT2D eigenvalue weighted by atomic mass is 32.2. The molecule has 0 aromatic heterocycles. The van der Waals surface area contributed by atoms with Crippen molar-refractivity contribution in [3.63, 3.8) is 0 Å². The van der Waals surface area contributed by atoms with Crippen LogP contribution in [0.3, 0.4) is 0 Å². The molecular weight excluding hydrogens is 242 g/mol. The number of nitrogens with one attached hydrogen (secondary N) is 1. The first-order valence-corrected chi connectivity index (χ1v) is 6.33. The lowest BCUT2D eigenvalue weighted by molar-refractivity contribution is -0.160. The molecule has 0 atom stereocenters. The Morgan fingerprint density at radius 3 is 2.80 bits per heavy atom. The van der Waals surface area contributed by atoms with E-state index in [0.29, 0.717) is 5.69 Å². The Morgan fingerprint density at radius 1 is 1.47 bits per heavy atom. The summed E-state index contributed by atoms with van der Waals surface area (Å²) in [6, 6.07) is 5.47. The van der Waals surface area contributed by atoms with E-state index >= 15 is 0 Å². The van der Waals surface area contributed by atoms with Crippen molar-refractivity contribution in [2.45, 2.75) is 4.90 Å². The standard InChI is InChI=1S/C7H9NO5S2/c1-14-13-12-8-6-3-2-4-7(5-6)15(9,10)11/h2-5,8H,1H3,(H,9,10,11). The molecule has 15 heavy (non-hydrogen) atoms. The van der Waals surface area contributed by atoms with Gasteiger partial charge in [-0.1, -0.05) is 6.07 Å². The van der Waals surface area contributed by atoms with Gasteiger partial charge < -0.3 is 0 Å². The van der Waals surface area contributed by atoms with Crippen LogP contribution in [0.5, 0.6) is 0 Å². The van der Waals surface area contributed by atoms with Gasteiger partial charge in [0.05, 0.1) is 10.6 Å². The Labute approximate surface area is 91.4 Å². The van der Waals surface area contributed by atoms with Crippen molar-refractivity contribution in [3.8, 4) is 0 Å². The summed E-state index contributed by atoms with van der Waals surface area (Å²) in [4.78, 5) is 4.25. The molecule has 2 N–H and O–H groups in total. The molecule has 8 heteroatoms. The molecule has 0 aliphatic heterocycles. The minimum Gasteiger partial charge on any atom is -0.282 e. The lowest BCUT2D eigenvalue weighted by atomic mass is 10.3. The number of benzene rings is 1. The third kappa shape index (κ3) is 4.06. The second-order valence-corrected chi connectivity index (χ2v) is 4.31. The molecule has 0 heterocycles. The van der Waals surface area contributed by atoms with E-state index in [9.17, 15) is 8.42 Å². The number of hydrogen-bond donors (Lipinski definition) is 2. The van der Waals surface area contributed by atoms with E-state index in [1.807, 2.05) is 0 Å². The Balaban J connectivity index is 2.75. The van der Waals surface area contributed by atoms with Gasteiger partial charge in [0.25, 0.3) is 10.1 Å². The highest BCUT2D eigenvalue weighted by molar-refractivity contribution is 7.93. The van der Waals surface area contributed by atoms with Gasteiger partial charge in [-0.3, -0.25) is 4.55 Å².